The van der Waals surface area contributed by atoms with Crippen LogP contribution in [-0.2, 0) is 35.5 Å². The van der Waals surface area contributed by atoms with E-state index in [9.17, 15) is 23.4 Å². The van der Waals surface area contributed by atoms with Crippen molar-refractivity contribution >= 4 is 16.1 Å². The lowest BCUT2D eigenvalue weighted by atomic mass is 9.98. The third-order valence-corrected chi connectivity index (χ3v) is 9.51. The number of sulfonamides is 1. The molecule has 2 aromatic carbocycles. The Morgan fingerprint density at radius 2 is 1.76 bits per heavy atom. The van der Waals surface area contributed by atoms with Gasteiger partial charge in [0.1, 0.15) is 11.9 Å². The van der Waals surface area contributed by atoms with Crippen molar-refractivity contribution in [2.45, 2.75) is 80.5 Å². The number of alkyl carbamates (subject to hydrolysis) is 1. The van der Waals surface area contributed by atoms with Gasteiger partial charge in [0, 0.05) is 0 Å². The van der Waals surface area contributed by atoms with Gasteiger partial charge in [-0.3, -0.25) is 4.84 Å². The molecule has 5 atom stereocenters. The Morgan fingerprint density at radius 1 is 1.02 bits per heavy atom. The predicted octanol–water partition coefficient (Wildman–Crippen LogP) is 3.11. The van der Waals surface area contributed by atoms with Crippen molar-refractivity contribution < 1.29 is 42.5 Å². The average Bonchev–Trinajstić information content (AvgIpc) is 3.59. The van der Waals surface area contributed by atoms with Crippen LogP contribution in [0.25, 0.3) is 0 Å². The van der Waals surface area contributed by atoms with E-state index in [-0.39, 0.29) is 42.0 Å². The highest BCUT2D eigenvalue weighted by molar-refractivity contribution is 7.89. The van der Waals surface area contributed by atoms with Gasteiger partial charge >= 0.3 is 6.09 Å². The second kappa shape index (κ2) is 13.5. The van der Waals surface area contributed by atoms with E-state index >= 15 is 0 Å². The maximum Gasteiger partial charge on any atom is 0.407 e. The fourth-order valence-electron chi connectivity index (χ4n) is 5.57. The van der Waals surface area contributed by atoms with Crippen LogP contribution in [0.3, 0.4) is 0 Å². The summed E-state index contributed by atoms with van der Waals surface area (Å²) in [4.78, 5) is 19.0. The number of carbonyl (C=O) groups excluding carboxylic acids is 1. The van der Waals surface area contributed by atoms with Gasteiger partial charge < -0.3 is 29.7 Å². The van der Waals surface area contributed by atoms with Crippen LogP contribution in [0.15, 0.2) is 59.5 Å². The number of hydroxylamine groups is 1. The molecule has 0 unspecified atom stereocenters. The summed E-state index contributed by atoms with van der Waals surface area (Å²) in [5.41, 5.74) is 0.839. The summed E-state index contributed by atoms with van der Waals surface area (Å²) in [7, 11) is -4.21. The summed E-state index contributed by atoms with van der Waals surface area (Å²) in [6, 6.07) is 13.5. The first-order valence-electron chi connectivity index (χ1n) is 14.2. The van der Waals surface area contributed by atoms with Gasteiger partial charge in [0.15, 0.2) is 6.29 Å². The van der Waals surface area contributed by atoms with Gasteiger partial charge in [0.2, 0.25) is 0 Å². The van der Waals surface area contributed by atoms with E-state index in [1.165, 1.54) is 24.3 Å². The van der Waals surface area contributed by atoms with E-state index in [1.54, 1.807) is 0 Å². The summed E-state index contributed by atoms with van der Waals surface area (Å²) in [5.74, 6) is -0.120. The maximum atomic E-state index is 13.7. The lowest BCUT2D eigenvalue weighted by Gasteiger charge is -2.32. The molecule has 0 radical (unpaired) electrons. The van der Waals surface area contributed by atoms with Crippen LogP contribution in [0, 0.1) is 5.92 Å². The van der Waals surface area contributed by atoms with Gasteiger partial charge in [-0.1, -0.05) is 54.1 Å². The number of aliphatic hydroxyl groups excluding tert-OH is 1. The molecule has 0 aromatic heterocycles. The van der Waals surface area contributed by atoms with Gasteiger partial charge in [-0.25, -0.2) is 13.2 Å². The second-order valence-electron chi connectivity index (χ2n) is 10.8. The highest BCUT2D eigenvalue weighted by atomic mass is 32.2. The average molecular weight is 591 g/mol. The Morgan fingerprint density at radius 3 is 2.49 bits per heavy atom. The smallest absolute Gasteiger partial charge is 0.407 e. The molecule has 41 heavy (non-hydrogen) atoms. The molecule has 3 aliphatic rings. The first-order valence-corrected chi connectivity index (χ1v) is 15.6. The number of phenolic OH excluding ortho intramolecular Hbond substituents is 1. The third kappa shape index (κ3) is 7.56. The standard InChI is InChI=1S/C29H38N2O9S/c32-21-11-13-23(14-12-21)41(35,36)31(40-22-9-5-2-6-10-22)18-26(33)25(17-20-7-3-1-4-8-20)30-29(34)39-27-19-38-28-24(27)15-16-37-28/h1,3-4,7-8,11-14,22,24-28,32-33H,2,5-6,9-10,15-19H2,(H,30,34)/t24-,25-,26+,27-,28+/m0/s1. The van der Waals surface area contributed by atoms with Crippen molar-refractivity contribution in [1.82, 2.24) is 9.79 Å². The molecule has 2 saturated heterocycles. The Bertz CT molecular complexity index is 1240. The molecule has 2 aliphatic heterocycles. The van der Waals surface area contributed by atoms with Gasteiger partial charge in [-0.15, -0.1) is 0 Å². The van der Waals surface area contributed by atoms with Crippen LogP contribution >= 0.6 is 0 Å². The molecule has 1 aliphatic carbocycles. The SMILES string of the molecule is O=C(N[C@@H](Cc1ccccc1)[C@H](O)CN(OC1CCCCC1)S(=O)(=O)c1ccc(O)cc1)O[C@H]1CO[C@H]2OCC[C@H]21. The zero-order valence-electron chi connectivity index (χ0n) is 22.8. The summed E-state index contributed by atoms with van der Waals surface area (Å²) in [5, 5.41) is 23.9. The molecule has 2 aromatic rings. The Hall–Kier alpha value is -2.74. The number of aromatic hydroxyl groups is 1. The van der Waals surface area contributed by atoms with Crippen LogP contribution in [0.4, 0.5) is 4.79 Å². The molecule has 2 heterocycles. The molecule has 11 nitrogen and oxygen atoms in total. The van der Waals surface area contributed by atoms with Crippen molar-refractivity contribution in [2.75, 3.05) is 19.8 Å². The number of nitrogens with one attached hydrogen (secondary N) is 1. The molecule has 3 fully saturated rings. The third-order valence-electron chi connectivity index (χ3n) is 7.87. The second-order valence-corrected chi connectivity index (χ2v) is 12.7. The number of fused-ring (bicyclic) bond motifs is 1. The summed E-state index contributed by atoms with van der Waals surface area (Å²) < 4.78 is 44.9. The maximum absolute atomic E-state index is 13.7. The number of ether oxygens (including phenoxy) is 3. The molecule has 12 heteroatoms. The van der Waals surface area contributed by atoms with E-state index in [0.29, 0.717) is 19.4 Å². The molecule has 0 bridgehead atoms. The fourth-order valence-corrected chi connectivity index (χ4v) is 6.87. The van der Waals surface area contributed by atoms with Crippen LogP contribution in [0.5, 0.6) is 5.75 Å². The van der Waals surface area contributed by atoms with Crippen LogP contribution in [0.1, 0.15) is 44.1 Å². The van der Waals surface area contributed by atoms with Gasteiger partial charge in [0.05, 0.1) is 48.8 Å². The van der Waals surface area contributed by atoms with Crippen molar-refractivity contribution in [2.24, 2.45) is 5.92 Å². The van der Waals surface area contributed by atoms with E-state index in [1.807, 2.05) is 30.3 Å². The number of hydrogen-bond donors (Lipinski definition) is 3. The van der Waals surface area contributed by atoms with Crippen LogP contribution in [0.2, 0.25) is 0 Å². The van der Waals surface area contributed by atoms with Gasteiger partial charge in [0.25, 0.3) is 10.0 Å². The van der Waals surface area contributed by atoms with Crippen molar-refractivity contribution in [3.63, 3.8) is 0 Å². The highest BCUT2D eigenvalue weighted by Crippen LogP contribution is 2.33. The minimum atomic E-state index is -4.21. The minimum Gasteiger partial charge on any atom is -0.508 e. The molecule has 1 saturated carbocycles. The topological polar surface area (TPSA) is 144 Å². The summed E-state index contributed by atoms with van der Waals surface area (Å²) in [6.07, 6.45) is 1.99. The van der Waals surface area contributed by atoms with Crippen molar-refractivity contribution in [1.29, 1.82) is 0 Å². The molecular formula is C29H38N2O9S. The molecule has 224 valence electrons. The number of carbonyl (C=O) groups is 1. The van der Waals surface area contributed by atoms with Crippen molar-refractivity contribution in [3.05, 3.63) is 60.2 Å². The quantitative estimate of drug-likeness (QED) is 0.336. The lowest BCUT2D eigenvalue weighted by Crippen LogP contribution is -2.51. The lowest BCUT2D eigenvalue weighted by molar-refractivity contribution is -0.156. The number of hydrogen-bond acceptors (Lipinski definition) is 9. The molecule has 5 rings (SSSR count). The fraction of sp³-hybridized carbons (Fsp3) is 0.552. The zero-order chi connectivity index (χ0) is 28.8. The summed E-state index contributed by atoms with van der Waals surface area (Å²) in [6.45, 7) is 0.337. The van der Waals surface area contributed by atoms with E-state index in [4.69, 9.17) is 19.0 Å². The largest absolute Gasteiger partial charge is 0.508 e. The Kier molecular flexibility index (Phi) is 9.79. The number of phenols is 1. The normalized spacial score (nSPS) is 24.6. The highest BCUT2D eigenvalue weighted by Gasteiger charge is 2.44. The monoisotopic (exact) mass is 590 g/mol. The number of benzene rings is 2. The van der Waals surface area contributed by atoms with Gasteiger partial charge in [-0.2, -0.15) is 0 Å². The van der Waals surface area contributed by atoms with Crippen molar-refractivity contribution in [3.8, 4) is 5.75 Å². The van der Waals surface area contributed by atoms with E-state index < -0.39 is 40.9 Å². The summed E-state index contributed by atoms with van der Waals surface area (Å²) >= 11 is 0. The molecule has 3 N–H and O–H groups in total. The zero-order valence-corrected chi connectivity index (χ0v) is 23.7. The first kappa shape index (κ1) is 29.7. The predicted molar refractivity (Wildman–Crippen MR) is 147 cm³/mol. The van der Waals surface area contributed by atoms with E-state index in [0.717, 1.165) is 35.7 Å². The number of aliphatic hydroxyl groups is 1. The van der Waals surface area contributed by atoms with E-state index in [2.05, 4.69) is 5.32 Å². The minimum absolute atomic E-state index is 0.0481. The molecule has 0 spiro atoms. The first-order chi connectivity index (χ1) is 19.8. The Balaban J connectivity index is 1.34. The number of amides is 1. The van der Waals surface area contributed by atoms with Crippen LogP contribution in [-0.4, -0.2) is 79.6 Å². The number of nitrogens with zero attached hydrogens (tertiary/aromatic N) is 1. The molecular weight excluding hydrogens is 552 g/mol. The van der Waals surface area contributed by atoms with Crippen LogP contribution < -0.4 is 5.32 Å². The van der Waals surface area contributed by atoms with Gasteiger partial charge in [-0.05, 0) is 55.5 Å². The molecule has 1 amide bonds. The Labute approximate surface area is 240 Å². The number of rotatable bonds is 11.